The fraction of sp³-hybridized carbons (Fsp3) is 0.0323. The van der Waals surface area contributed by atoms with Gasteiger partial charge in [-0.05, 0) is 49.4 Å². The number of benzene rings is 2. The number of carbonyl (C=O) groups excluding carboxylic acids is 2. The summed E-state index contributed by atoms with van der Waals surface area (Å²) in [5.74, 6) is 0.435. The molecule has 0 bridgehead atoms. The average molecular weight is 556 g/mol. The summed E-state index contributed by atoms with van der Waals surface area (Å²) >= 11 is 1.45. The Kier molecular flexibility index (Phi) is 5.94. The molecule has 2 aromatic carbocycles. The topological polar surface area (TPSA) is 129 Å². The molecule has 0 aliphatic carbocycles. The molecular formula is C31H21N7O2S. The minimum Gasteiger partial charge on any atom is -0.337 e. The predicted octanol–water partition coefficient (Wildman–Crippen LogP) is 6.75. The van der Waals surface area contributed by atoms with Crippen molar-refractivity contribution in [2.24, 2.45) is 0 Å². The minimum absolute atomic E-state index is 0.0433. The molecule has 0 atom stereocenters. The Morgan fingerprint density at radius 3 is 2.59 bits per heavy atom. The van der Waals surface area contributed by atoms with Crippen molar-refractivity contribution in [3.63, 3.8) is 0 Å². The van der Waals surface area contributed by atoms with Crippen LogP contribution in [-0.2, 0) is 0 Å². The van der Waals surface area contributed by atoms with Gasteiger partial charge in [-0.2, -0.15) is 5.10 Å². The smallest absolute Gasteiger partial charge is 0.255 e. The Balaban J connectivity index is 1.24. The highest BCUT2D eigenvalue weighted by Crippen LogP contribution is 2.35. The number of H-pyrrole nitrogens is 2. The van der Waals surface area contributed by atoms with Gasteiger partial charge in [-0.3, -0.25) is 19.7 Å². The first-order chi connectivity index (χ1) is 20.0. The van der Waals surface area contributed by atoms with Gasteiger partial charge in [0.2, 0.25) is 0 Å². The van der Waals surface area contributed by atoms with Gasteiger partial charge in [-0.15, -0.1) is 11.3 Å². The summed E-state index contributed by atoms with van der Waals surface area (Å²) in [5, 5.41) is 11.2. The number of thiophene rings is 1. The molecule has 0 radical (unpaired) electrons. The first-order valence-corrected chi connectivity index (χ1v) is 13.6. The van der Waals surface area contributed by atoms with Crippen LogP contribution in [0, 0.1) is 0 Å². The van der Waals surface area contributed by atoms with Crippen LogP contribution >= 0.6 is 11.3 Å². The molecule has 3 N–H and O–H groups in total. The molecule has 0 fully saturated rings. The second-order valence-electron chi connectivity index (χ2n) is 9.48. The van der Waals surface area contributed by atoms with Crippen LogP contribution in [-0.4, -0.2) is 41.8 Å². The third-order valence-corrected chi connectivity index (χ3v) is 7.96. The van der Waals surface area contributed by atoms with E-state index in [2.05, 4.69) is 30.5 Å². The highest BCUT2D eigenvalue weighted by Gasteiger charge is 2.18. The first-order valence-electron chi connectivity index (χ1n) is 12.8. The zero-order valence-corrected chi connectivity index (χ0v) is 22.5. The summed E-state index contributed by atoms with van der Waals surface area (Å²) < 4.78 is 0. The van der Waals surface area contributed by atoms with Crippen LogP contribution in [0.4, 0.5) is 5.69 Å². The van der Waals surface area contributed by atoms with E-state index in [0.717, 1.165) is 38.0 Å². The Labute approximate surface area is 237 Å². The van der Waals surface area contributed by atoms with Crippen LogP contribution in [0.1, 0.15) is 27.0 Å². The lowest BCUT2D eigenvalue weighted by molar-refractivity contribution is 0.101. The summed E-state index contributed by atoms with van der Waals surface area (Å²) in [6.45, 7) is 1.57. The molecule has 9 nitrogen and oxygen atoms in total. The molecule has 0 aliphatic rings. The number of nitrogens with zero attached hydrogens (tertiary/aromatic N) is 4. The zero-order chi connectivity index (χ0) is 27.9. The fourth-order valence-corrected chi connectivity index (χ4v) is 5.64. The van der Waals surface area contributed by atoms with Crippen molar-refractivity contribution >= 4 is 50.8 Å². The van der Waals surface area contributed by atoms with Gasteiger partial charge in [0.15, 0.2) is 17.3 Å². The monoisotopic (exact) mass is 555 g/mol. The fourth-order valence-electron chi connectivity index (χ4n) is 4.72. The van der Waals surface area contributed by atoms with Crippen molar-refractivity contribution in [3.8, 4) is 33.1 Å². The minimum atomic E-state index is -0.209. The van der Waals surface area contributed by atoms with Crippen LogP contribution in [0.3, 0.4) is 0 Å². The molecular weight excluding hydrogens is 534 g/mol. The van der Waals surface area contributed by atoms with E-state index in [1.165, 1.54) is 11.3 Å². The van der Waals surface area contributed by atoms with Crippen molar-refractivity contribution in [2.75, 3.05) is 5.32 Å². The summed E-state index contributed by atoms with van der Waals surface area (Å²) in [7, 11) is 0. The molecule has 0 saturated heterocycles. The number of amides is 1. The van der Waals surface area contributed by atoms with Crippen LogP contribution in [0.25, 0.3) is 55.2 Å². The Morgan fingerprint density at radius 1 is 0.902 bits per heavy atom. The number of imidazole rings is 1. The number of Topliss-reactive ketones (excluding diaryl/α,β-unsaturated/α-hetero) is 1. The standard InChI is InChI=1S/C31H21N7O2S/c1-17(39)25-10-11-26(41-25)22-8-5-9-24-27(22)36-30(35-24)28-23-13-20(15-33-29(23)38-37-28)19-12-21(16-32-14-19)34-31(40)18-6-3-2-4-7-18/h2-16H,1H3,(H,34,40)(H,35,36)(H,33,37,38). The number of rotatable bonds is 6. The summed E-state index contributed by atoms with van der Waals surface area (Å²) in [6.07, 6.45) is 5.08. The van der Waals surface area contributed by atoms with E-state index in [4.69, 9.17) is 4.98 Å². The van der Waals surface area contributed by atoms with Crippen molar-refractivity contribution in [1.29, 1.82) is 0 Å². The van der Waals surface area contributed by atoms with Crippen molar-refractivity contribution in [1.82, 2.24) is 30.1 Å². The number of hydrogen-bond donors (Lipinski definition) is 3. The van der Waals surface area contributed by atoms with Gasteiger partial charge in [0.1, 0.15) is 5.69 Å². The number of para-hydroxylation sites is 1. The zero-order valence-electron chi connectivity index (χ0n) is 21.7. The maximum atomic E-state index is 12.6. The number of pyridine rings is 2. The van der Waals surface area contributed by atoms with E-state index in [-0.39, 0.29) is 11.7 Å². The molecule has 7 rings (SSSR count). The highest BCUT2D eigenvalue weighted by molar-refractivity contribution is 7.17. The maximum Gasteiger partial charge on any atom is 0.255 e. The lowest BCUT2D eigenvalue weighted by Crippen LogP contribution is -2.11. The van der Waals surface area contributed by atoms with Gasteiger partial charge in [0, 0.05) is 39.5 Å². The normalized spacial score (nSPS) is 11.2. The molecule has 5 heterocycles. The van der Waals surface area contributed by atoms with Gasteiger partial charge in [0.05, 0.1) is 33.2 Å². The molecule has 1 amide bonds. The molecule has 7 aromatic rings. The number of aromatic amines is 2. The average Bonchev–Trinajstić information content (AvgIpc) is 3.75. The van der Waals surface area contributed by atoms with Crippen LogP contribution in [0.15, 0.2) is 91.4 Å². The second-order valence-corrected chi connectivity index (χ2v) is 10.6. The Bertz CT molecular complexity index is 2090. The summed E-state index contributed by atoms with van der Waals surface area (Å²) in [6, 6.07) is 22.6. The van der Waals surface area contributed by atoms with Crippen molar-refractivity contribution in [3.05, 3.63) is 102 Å². The maximum absolute atomic E-state index is 12.6. The van der Waals surface area contributed by atoms with E-state index < -0.39 is 0 Å². The van der Waals surface area contributed by atoms with Gasteiger partial charge in [-0.1, -0.05) is 30.3 Å². The third-order valence-electron chi connectivity index (χ3n) is 6.74. The van der Waals surface area contributed by atoms with Crippen molar-refractivity contribution in [2.45, 2.75) is 6.92 Å². The molecule has 0 aliphatic heterocycles. The molecule has 0 saturated carbocycles. The predicted molar refractivity (Wildman–Crippen MR) is 160 cm³/mol. The van der Waals surface area contributed by atoms with Crippen molar-refractivity contribution < 1.29 is 9.59 Å². The molecule has 10 heteroatoms. The number of nitrogens with one attached hydrogen (secondary N) is 3. The Morgan fingerprint density at radius 2 is 1.76 bits per heavy atom. The Hall–Kier alpha value is -5.48. The van der Waals surface area contributed by atoms with Gasteiger partial charge in [0.25, 0.3) is 5.91 Å². The number of hydrogen-bond acceptors (Lipinski definition) is 7. The SMILES string of the molecule is CC(=O)c1ccc(-c2cccc3[nH]c(-c4n[nH]c5ncc(-c6cncc(NC(=O)c7ccccc7)c6)cc45)nc23)s1. The highest BCUT2D eigenvalue weighted by atomic mass is 32.1. The molecule has 41 heavy (non-hydrogen) atoms. The molecule has 0 unspecified atom stereocenters. The third kappa shape index (κ3) is 4.56. The van der Waals surface area contributed by atoms with E-state index in [1.54, 1.807) is 37.6 Å². The number of anilines is 1. The summed E-state index contributed by atoms with van der Waals surface area (Å²) in [5.41, 5.74) is 6.61. The van der Waals surface area contributed by atoms with Crippen LogP contribution in [0.5, 0.6) is 0 Å². The number of aromatic nitrogens is 6. The van der Waals surface area contributed by atoms with E-state index in [9.17, 15) is 9.59 Å². The second kappa shape index (κ2) is 9.92. The quantitative estimate of drug-likeness (QED) is 0.195. The van der Waals surface area contributed by atoms with E-state index in [0.29, 0.717) is 33.3 Å². The lowest BCUT2D eigenvalue weighted by atomic mass is 10.1. The number of ketones is 1. The summed E-state index contributed by atoms with van der Waals surface area (Å²) in [4.78, 5) is 43.4. The molecule has 0 spiro atoms. The molecule has 5 aromatic heterocycles. The van der Waals surface area contributed by atoms with Crippen LogP contribution in [0.2, 0.25) is 0 Å². The van der Waals surface area contributed by atoms with E-state index in [1.807, 2.05) is 60.7 Å². The largest absolute Gasteiger partial charge is 0.337 e. The van der Waals surface area contributed by atoms with Gasteiger partial charge in [-0.25, -0.2) is 9.97 Å². The first kappa shape index (κ1) is 24.6. The van der Waals surface area contributed by atoms with E-state index >= 15 is 0 Å². The number of fused-ring (bicyclic) bond motifs is 2. The number of carbonyl (C=O) groups is 2. The molecule has 198 valence electrons. The van der Waals surface area contributed by atoms with Crippen LogP contribution < -0.4 is 5.32 Å². The van der Waals surface area contributed by atoms with Gasteiger partial charge >= 0.3 is 0 Å². The lowest BCUT2D eigenvalue weighted by Gasteiger charge is -2.07. The van der Waals surface area contributed by atoms with Gasteiger partial charge < -0.3 is 10.3 Å².